The number of hydrogen-bond donors (Lipinski definition) is 1. The van der Waals surface area contributed by atoms with Gasteiger partial charge in [-0.25, -0.2) is 0 Å². The summed E-state index contributed by atoms with van der Waals surface area (Å²) in [5.41, 5.74) is 0. The number of aliphatic hydroxyl groups is 1. The van der Waals surface area contributed by atoms with E-state index in [1.165, 1.54) is 38.5 Å². The summed E-state index contributed by atoms with van der Waals surface area (Å²) in [6.07, 6.45) is 15.8. The lowest BCUT2D eigenvalue weighted by atomic mass is 10.1. The van der Waals surface area contributed by atoms with Gasteiger partial charge in [0.25, 0.3) is 0 Å². The fourth-order valence-electron chi connectivity index (χ4n) is 3.78. The van der Waals surface area contributed by atoms with Crippen LogP contribution in [0.5, 0.6) is 0 Å². The quantitative estimate of drug-likeness (QED) is 0.206. The second-order valence-corrected chi connectivity index (χ2v) is 8.09. The SMILES string of the molecule is CCC/C=C/CC(O)C[N+](CCCCC)(CCCCC)CCCCC(=O)[O-]. The van der Waals surface area contributed by atoms with Crippen LogP contribution in [0.15, 0.2) is 12.2 Å². The molecule has 160 valence electrons. The van der Waals surface area contributed by atoms with Crippen molar-refractivity contribution >= 4 is 5.97 Å². The van der Waals surface area contributed by atoms with E-state index in [0.29, 0.717) is 6.42 Å². The maximum atomic E-state index is 10.7. The number of carboxylic acids is 1. The van der Waals surface area contributed by atoms with Crippen molar-refractivity contribution in [1.29, 1.82) is 0 Å². The molecule has 0 fully saturated rings. The number of aliphatic carboxylic acids is 1. The van der Waals surface area contributed by atoms with Crippen LogP contribution in [0.3, 0.4) is 0 Å². The number of carboxylic acid groups (broad SMARTS) is 1. The number of hydrogen-bond acceptors (Lipinski definition) is 3. The largest absolute Gasteiger partial charge is 0.550 e. The first kappa shape index (κ1) is 26.1. The van der Waals surface area contributed by atoms with Gasteiger partial charge < -0.3 is 19.5 Å². The van der Waals surface area contributed by atoms with Crippen LogP contribution < -0.4 is 5.11 Å². The topological polar surface area (TPSA) is 60.4 Å². The summed E-state index contributed by atoms with van der Waals surface area (Å²) in [4.78, 5) is 10.7. The normalized spacial score (nSPS) is 13.3. The third-order valence-corrected chi connectivity index (χ3v) is 5.36. The van der Waals surface area contributed by atoms with Gasteiger partial charge in [-0.3, -0.25) is 0 Å². The van der Waals surface area contributed by atoms with Crippen molar-refractivity contribution < 1.29 is 19.5 Å². The van der Waals surface area contributed by atoms with Crippen LogP contribution in [0, 0.1) is 0 Å². The molecule has 0 aliphatic rings. The minimum absolute atomic E-state index is 0.145. The van der Waals surface area contributed by atoms with Crippen molar-refractivity contribution in [3.63, 3.8) is 0 Å². The molecule has 0 aliphatic carbocycles. The summed E-state index contributed by atoms with van der Waals surface area (Å²) in [5.74, 6) is -0.953. The summed E-state index contributed by atoms with van der Waals surface area (Å²) in [5, 5.41) is 21.4. The standard InChI is InChI=1S/C23H45NO3/c1-4-7-10-11-16-22(25)21-24(18-13-8-5-2,19-14-9-6-3)20-15-12-17-23(26)27/h10-11,22,25H,4-9,12-21H2,1-3H3/b11-10+. The number of nitrogens with zero attached hydrogens (tertiary/aromatic N) is 1. The van der Waals surface area contributed by atoms with Crippen molar-refractivity contribution in [3.05, 3.63) is 12.2 Å². The Labute approximate surface area is 168 Å². The van der Waals surface area contributed by atoms with Gasteiger partial charge in [-0.2, -0.15) is 0 Å². The van der Waals surface area contributed by atoms with Crippen molar-refractivity contribution in [1.82, 2.24) is 0 Å². The molecule has 4 nitrogen and oxygen atoms in total. The van der Waals surface area contributed by atoms with Gasteiger partial charge in [0.05, 0.1) is 19.6 Å². The Hall–Kier alpha value is -0.870. The minimum atomic E-state index is -0.953. The Morgan fingerprint density at radius 1 is 0.889 bits per heavy atom. The van der Waals surface area contributed by atoms with Gasteiger partial charge in [-0.15, -0.1) is 0 Å². The Bertz CT molecular complexity index is 372. The molecule has 0 bridgehead atoms. The third-order valence-electron chi connectivity index (χ3n) is 5.36. The molecule has 0 saturated heterocycles. The zero-order valence-corrected chi connectivity index (χ0v) is 18.3. The minimum Gasteiger partial charge on any atom is -0.550 e. The summed E-state index contributed by atoms with van der Waals surface area (Å²) < 4.78 is 0.940. The van der Waals surface area contributed by atoms with Gasteiger partial charge in [0.1, 0.15) is 12.6 Å². The van der Waals surface area contributed by atoms with Crippen LogP contribution in [0.1, 0.15) is 97.8 Å². The number of allylic oxidation sites excluding steroid dienone is 1. The maximum Gasteiger partial charge on any atom is 0.106 e. The molecule has 0 amide bonds. The van der Waals surface area contributed by atoms with Crippen LogP contribution in [-0.2, 0) is 4.79 Å². The van der Waals surface area contributed by atoms with Gasteiger partial charge in [-0.1, -0.05) is 52.2 Å². The van der Waals surface area contributed by atoms with Gasteiger partial charge in [-0.05, 0) is 57.8 Å². The molecular formula is C23H45NO3. The lowest BCUT2D eigenvalue weighted by molar-refractivity contribution is -0.931. The molecule has 1 atom stereocenters. The molecule has 1 unspecified atom stereocenters. The highest BCUT2D eigenvalue weighted by Gasteiger charge is 2.29. The van der Waals surface area contributed by atoms with E-state index >= 15 is 0 Å². The molecule has 0 aliphatic heterocycles. The van der Waals surface area contributed by atoms with E-state index in [9.17, 15) is 15.0 Å². The molecule has 0 heterocycles. The van der Waals surface area contributed by atoms with E-state index in [2.05, 4.69) is 32.9 Å². The Morgan fingerprint density at radius 3 is 1.93 bits per heavy atom. The Morgan fingerprint density at radius 2 is 1.44 bits per heavy atom. The summed E-state index contributed by atoms with van der Waals surface area (Å²) in [7, 11) is 0. The maximum absolute atomic E-state index is 10.7. The van der Waals surface area contributed by atoms with Crippen LogP contribution in [0.4, 0.5) is 0 Å². The smallest absolute Gasteiger partial charge is 0.106 e. The number of carbonyl (C=O) groups is 1. The molecule has 27 heavy (non-hydrogen) atoms. The van der Waals surface area contributed by atoms with Crippen molar-refractivity contribution in [3.8, 4) is 0 Å². The van der Waals surface area contributed by atoms with Crippen LogP contribution in [0.25, 0.3) is 0 Å². The van der Waals surface area contributed by atoms with Crippen molar-refractivity contribution in [2.75, 3.05) is 26.2 Å². The van der Waals surface area contributed by atoms with E-state index < -0.39 is 5.97 Å². The number of aliphatic hydroxyl groups excluding tert-OH is 1. The molecule has 0 spiro atoms. The first-order valence-electron chi connectivity index (χ1n) is 11.4. The number of quaternary nitrogens is 1. The van der Waals surface area contributed by atoms with E-state index in [0.717, 1.165) is 56.3 Å². The fourth-order valence-corrected chi connectivity index (χ4v) is 3.78. The van der Waals surface area contributed by atoms with Crippen LogP contribution in [0.2, 0.25) is 0 Å². The van der Waals surface area contributed by atoms with Gasteiger partial charge >= 0.3 is 0 Å². The first-order valence-corrected chi connectivity index (χ1v) is 11.4. The van der Waals surface area contributed by atoms with Gasteiger partial charge in [0, 0.05) is 5.97 Å². The second-order valence-electron chi connectivity index (χ2n) is 8.09. The predicted octanol–water partition coefficient (Wildman–Crippen LogP) is 4.21. The number of carbonyl (C=O) groups excluding carboxylic acids is 1. The Kier molecular flexibility index (Phi) is 16.7. The van der Waals surface area contributed by atoms with Crippen LogP contribution in [-0.4, -0.2) is 47.8 Å². The predicted molar refractivity (Wildman–Crippen MR) is 112 cm³/mol. The lowest BCUT2D eigenvalue weighted by Crippen LogP contribution is -2.54. The van der Waals surface area contributed by atoms with Crippen molar-refractivity contribution in [2.45, 2.75) is 104 Å². The molecule has 1 N–H and O–H groups in total. The number of unbranched alkanes of at least 4 members (excludes halogenated alkanes) is 6. The summed E-state index contributed by atoms with van der Waals surface area (Å²) >= 11 is 0. The summed E-state index contributed by atoms with van der Waals surface area (Å²) in [6.45, 7) is 10.6. The molecule has 0 aromatic rings. The highest BCUT2D eigenvalue weighted by molar-refractivity contribution is 5.64. The fraction of sp³-hybridized carbons (Fsp3) is 0.870. The lowest BCUT2D eigenvalue weighted by Gasteiger charge is -2.40. The summed E-state index contributed by atoms with van der Waals surface area (Å²) in [6, 6.07) is 0. The highest BCUT2D eigenvalue weighted by Crippen LogP contribution is 2.18. The van der Waals surface area contributed by atoms with E-state index in [4.69, 9.17) is 0 Å². The zero-order valence-electron chi connectivity index (χ0n) is 18.3. The van der Waals surface area contributed by atoms with E-state index in [1.807, 2.05) is 0 Å². The molecular weight excluding hydrogens is 338 g/mol. The molecule has 4 heteroatoms. The number of rotatable bonds is 19. The van der Waals surface area contributed by atoms with Crippen LogP contribution >= 0.6 is 0 Å². The Balaban J connectivity index is 4.93. The van der Waals surface area contributed by atoms with E-state index in [1.54, 1.807) is 0 Å². The molecule has 0 saturated carbocycles. The van der Waals surface area contributed by atoms with Gasteiger partial charge in [0.2, 0.25) is 0 Å². The third kappa shape index (κ3) is 14.8. The average molecular weight is 384 g/mol. The molecule has 0 radical (unpaired) electrons. The average Bonchev–Trinajstić information content (AvgIpc) is 2.63. The molecule has 0 aromatic carbocycles. The molecule has 0 aromatic heterocycles. The monoisotopic (exact) mass is 383 g/mol. The zero-order chi connectivity index (χ0) is 20.4. The van der Waals surface area contributed by atoms with Gasteiger partial charge in [0.15, 0.2) is 0 Å². The highest BCUT2D eigenvalue weighted by atomic mass is 16.4. The van der Waals surface area contributed by atoms with Crippen molar-refractivity contribution in [2.24, 2.45) is 0 Å². The first-order chi connectivity index (χ1) is 13.0. The second kappa shape index (κ2) is 17.2. The molecule has 0 rings (SSSR count). The van der Waals surface area contributed by atoms with E-state index in [-0.39, 0.29) is 12.5 Å².